The molecular formula is C23H23NO4. The van der Waals surface area contributed by atoms with E-state index >= 15 is 0 Å². The zero-order valence-electron chi connectivity index (χ0n) is 15.8. The Kier molecular flexibility index (Phi) is 7.01. The number of oxazole rings is 1. The summed E-state index contributed by atoms with van der Waals surface area (Å²) < 4.78 is 16.2. The molecule has 0 bridgehead atoms. The summed E-state index contributed by atoms with van der Waals surface area (Å²) in [5.41, 5.74) is 2.82. The first-order chi connectivity index (χ1) is 13.7. The summed E-state index contributed by atoms with van der Waals surface area (Å²) in [5, 5.41) is 0. The molecule has 144 valence electrons. The molecule has 0 amide bonds. The summed E-state index contributed by atoms with van der Waals surface area (Å²) in [7, 11) is 0. The number of nitrogens with zero attached hydrogens (tertiary/aromatic N) is 1. The highest BCUT2D eigenvalue weighted by molar-refractivity contribution is 5.69. The van der Waals surface area contributed by atoms with Crippen molar-refractivity contribution in [3.63, 3.8) is 0 Å². The van der Waals surface area contributed by atoms with E-state index in [-0.39, 0.29) is 5.97 Å². The van der Waals surface area contributed by atoms with Gasteiger partial charge in [0.05, 0.1) is 6.61 Å². The van der Waals surface area contributed by atoms with Crippen LogP contribution in [0.1, 0.15) is 36.1 Å². The lowest BCUT2D eigenvalue weighted by atomic mass is 10.1. The van der Waals surface area contributed by atoms with E-state index in [4.69, 9.17) is 13.9 Å². The lowest BCUT2D eigenvalue weighted by Crippen LogP contribution is -2.05. The number of carbonyl (C=O) groups excluding carboxylic acids is 1. The summed E-state index contributed by atoms with van der Waals surface area (Å²) in [6, 6.07) is 17.6. The maximum Gasteiger partial charge on any atom is 0.306 e. The highest BCUT2D eigenvalue weighted by Gasteiger charge is 2.05. The fourth-order valence-corrected chi connectivity index (χ4v) is 2.62. The third kappa shape index (κ3) is 6.13. The first kappa shape index (κ1) is 19.4. The number of benzene rings is 2. The van der Waals surface area contributed by atoms with E-state index in [0.29, 0.717) is 37.6 Å². The summed E-state index contributed by atoms with van der Waals surface area (Å²) in [4.78, 5) is 15.9. The highest BCUT2D eigenvalue weighted by Crippen LogP contribution is 2.17. The van der Waals surface area contributed by atoms with Crippen molar-refractivity contribution < 1.29 is 18.7 Å². The molecule has 0 atom stereocenters. The maximum atomic E-state index is 11.5. The third-order valence-electron chi connectivity index (χ3n) is 4.00. The second-order valence-electron chi connectivity index (χ2n) is 6.16. The normalized spacial score (nSPS) is 10.9. The Labute approximate surface area is 164 Å². The Hall–Kier alpha value is -3.34. The van der Waals surface area contributed by atoms with Crippen molar-refractivity contribution in [2.45, 2.75) is 26.4 Å². The molecule has 5 nitrogen and oxygen atoms in total. The molecule has 0 spiro atoms. The van der Waals surface area contributed by atoms with E-state index < -0.39 is 0 Å². The van der Waals surface area contributed by atoms with Gasteiger partial charge < -0.3 is 13.9 Å². The number of ether oxygens (including phenoxy) is 2. The molecule has 0 radical (unpaired) electrons. The minimum Gasteiger partial charge on any atom is -0.487 e. The quantitative estimate of drug-likeness (QED) is 0.495. The summed E-state index contributed by atoms with van der Waals surface area (Å²) in [5.74, 6) is 1.07. The number of hydrogen-bond acceptors (Lipinski definition) is 5. The first-order valence-corrected chi connectivity index (χ1v) is 9.28. The van der Waals surface area contributed by atoms with Crippen LogP contribution in [0.2, 0.25) is 0 Å². The number of aryl methyl sites for hydroxylation is 1. The molecule has 0 fully saturated rings. The molecule has 0 N–H and O–H groups in total. The molecule has 3 rings (SSSR count). The van der Waals surface area contributed by atoms with Crippen LogP contribution in [0.5, 0.6) is 5.75 Å². The minimum absolute atomic E-state index is 0.187. The van der Waals surface area contributed by atoms with Crippen molar-refractivity contribution in [3.05, 3.63) is 83.6 Å². The van der Waals surface area contributed by atoms with Gasteiger partial charge >= 0.3 is 5.97 Å². The molecule has 0 aliphatic carbocycles. The van der Waals surface area contributed by atoms with Gasteiger partial charge in [0, 0.05) is 12.5 Å². The van der Waals surface area contributed by atoms with Gasteiger partial charge in [-0.1, -0.05) is 42.5 Å². The Morgan fingerprint density at radius 1 is 1.11 bits per heavy atom. The van der Waals surface area contributed by atoms with Gasteiger partial charge in [-0.15, -0.1) is 0 Å². The van der Waals surface area contributed by atoms with E-state index in [2.05, 4.69) is 4.98 Å². The van der Waals surface area contributed by atoms with Crippen molar-refractivity contribution in [1.29, 1.82) is 0 Å². The van der Waals surface area contributed by atoms with Crippen LogP contribution in [0.4, 0.5) is 0 Å². The topological polar surface area (TPSA) is 61.6 Å². The van der Waals surface area contributed by atoms with E-state index in [1.165, 1.54) is 0 Å². The maximum absolute atomic E-state index is 11.5. The standard InChI is InChI=1S/C23H23NO4/c1-2-26-23(25)14-12-19-9-6-10-21(15-19)27-16-20-17-28-22(24-20)13-11-18-7-4-3-5-8-18/h3-11,13,15,17H,2,12,14,16H2,1H3. The van der Waals surface area contributed by atoms with Gasteiger partial charge in [-0.25, -0.2) is 4.98 Å². The van der Waals surface area contributed by atoms with Crippen LogP contribution < -0.4 is 4.74 Å². The molecule has 3 aromatic rings. The molecular weight excluding hydrogens is 354 g/mol. The molecule has 5 heteroatoms. The summed E-state index contributed by atoms with van der Waals surface area (Å²) in [6.07, 6.45) is 6.35. The van der Waals surface area contributed by atoms with Gasteiger partial charge in [0.2, 0.25) is 5.89 Å². The van der Waals surface area contributed by atoms with Crippen molar-refractivity contribution in [1.82, 2.24) is 4.98 Å². The Morgan fingerprint density at radius 2 is 1.96 bits per heavy atom. The van der Waals surface area contributed by atoms with Gasteiger partial charge in [0.1, 0.15) is 24.3 Å². The smallest absolute Gasteiger partial charge is 0.306 e. The molecule has 28 heavy (non-hydrogen) atoms. The molecule has 1 heterocycles. The number of hydrogen-bond donors (Lipinski definition) is 0. The average Bonchev–Trinajstić information content (AvgIpc) is 3.18. The molecule has 0 saturated heterocycles. The minimum atomic E-state index is -0.187. The molecule has 0 unspecified atom stereocenters. The number of esters is 1. The van der Waals surface area contributed by atoms with Crippen molar-refractivity contribution in [3.8, 4) is 5.75 Å². The fraction of sp³-hybridized carbons (Fsp3) is 0.217. The summed E-state index contributed by atoms with van der Waals surface area (Å²) >= 11 is 0. The molecule has 0 aliphatic heterocycles. The van der Waals surface area contributed by atoms with E-state index in [0.717, 1.165) is 16.9 Å². The van der Waals surface area contributed by atoms with Crippen LogP contribution in [0.25, 0.3) is 12.2 Å². The molecule has 0 saturated carbocycles. The van der Waals surface area contributed by atoms with E-state index in [9.17, 15) is 4.79 Å². The lowest BCUT2D eigenvalue weighted by Gasteiger charge is -2.07. The SMILES string of the molecule is CCOC(=O)CCc1cccc(OCc2coc(C=Cc3ccccc3)n2)c1. The number of aromatic nitrogens is 1. The molecule has 2 aromatic carbocycles. The van der Waals surface area contributed by atoms with Crippen LogP contribution in [-0.2, 0) is 22.6 Å². The van der Waals surface area contributed by atoms with Crippen molar-refractivity contribution in [2.24, 2.45) is 0 Å². The highest BCUT2D eigenvalue weighted by atomic mass is 16.5. The van der Waals surface area contributed by atoms with Crippen molar-refractivity contribution in [2.75, 3.05) is 6.61 Å². The predicted molar refractivity (Wildman–Crippen MR) is 108 cm³/mol. The van der Waals surface area contributed by atoms with Crippen LogP contribution in [0, 0.1) is 0 Å². The van der Waals surface area contributed by atoms with Crippen LogP contribution in [0.15, 0.2) is 65.3 Å². The van der Waals surface area contributed by atoms with E-state index in [1.807, 2.05) is 66.7 Å². The van der Waals surface area contributed by atoms with Gasteiger partial charge in [0.25, 0.3) is 0 Å². The second kappa shape index (κ2) is 10.1. The molecule has 1 aromatic heterocycles. The second-order valence-corrected chi connectivity index (χ2v) is 6.16. The Morgan fingerprint density at radius 3 is 2.79 bits per heavy atom. The number of carbonyl (C=O) groups is 1. The van der Waals surface area contributed by atoms with Gasteiger partial charge in [-0.05, 0) is 42.7 Å². The van der Waals surface area contributed by atoms with Crippen LogP contribution in [-0.4, -0.2) is 17.6 Å². The van der Waals surface area contributed by atoms with Gasteiger partial charge in [-0.2, -0.15) is 0 Å². The Balaban J connectivity index is 1.52. The average molecular weight is 377 g/mol. The van der Waals surface area contributed by atoms with Crippen LogP contribution >= 0.6 is 0 Å². The largest absolute Gasteiger partial charge is 0.487 e. The lowest BCUT2D eigenvalue weighted by molar-refractivity contribution is -0.143. The van der Waals surface area contributed by atoms with Gasteiger partial charge in [0.15, 0.2) is 0 Å². The Bertz CT molecular complexity index is 915. The molecule has 0 aliphatic rings. The summed E-state index contributed by atoms with van der Waals surface area (Å²) in [6.45, 7) is 2.52. The first-order valence-electron chi connectivity index (χ1n) is 9.28. The fourth-order valence-electron chi connectivity index (χ4n) is 2.62. The third-order valence-corrected chi connectivity index (χ3v) is 4.00. The zero-order valence-corrected chi connectivity index (χ0v) is 15.8. The number of rotatable bonds is 9. The van der Waals surface area contributed by atoms with Crippen LogP contribution in [0.3, 0.4) is 0 Å². The van der Waals surface area contributed by atoms with Gasteiger partial charge in [-0.3, -0.25) is 4.79 Å². The van der Waals surface area contributed by atoms with E-state index in [1.54, 1.807) is 13.2 Å². The zero-order chi connectivity index (χ0) is 19.6. The predicted octanol–water partition coefficient (Wildman–Crippen LogP) is 4.92. The van der Waals surface area contributed by atoms with Crippen molar-refractivity contribution >= 4 is 18.1 Å². The monoisotopic (exact) mass is 377 g/mol.